The number of aryl methyl sites for hydroxylation is 2. The quantitative estimate of drug-likeness (QED) is 0.607. The average molecular weight is 365 g/mol. The number of nitrogens with one attached hydrogen (secondary N) is 1. The lowest BCUT2D eigenvalue weighted by Crippen LogP contribution is -2.27. The Balaban J connectivity index is 2.07. The molecule has 3 rings (SSSR count). The maximum Gasteiger partial charge on any atom is 0.277 e. The first kappa shape index (κ1) is 15.3. The number of carbonyl (C=O) groups is 1. The van der Waals surface area contributed by atoms with Crippen LogP contribution in [-0.4, -0.2) is 19.7 Å². The Kier molecular flexibility index (Phi) is 4.28. The van der Waals surface area contributed by atoms with Crippen LogP contribution in [0, 0.1) is 0 Å². The van der Waals surface area contributed by atoms with E-state index in [-0.39, 0.29) is 0 Å². The van der Waals surface area contributed by atoms with Crippen molar-refractivity contribution in [3.05, 3.63) is 16.8 Å². The van der Waals surface area contributed by atoms with Crippen LogP contribution < -0.4 is 5.32 Å². The number of halogens is 3. The van der Waals surface area contributed by atoms with Gasteiger partial charge in [0.1, 0.15) is 17.0 Å². The smallest absolute Gasteiger partial charge is 0.277 e. The maximum atomic E-state index is 11.9. The van der Waals surface area contributed by atoms with Crippen molar-refractivity contribution in [2.75, 3.05) is 5.32 Å². The summed E-state index contributed by atoms with van der Waals surface area (Å²) >= 11 is 18.5. The summed E-state index contributed by atoms with van der Waals surface area (Å²) in [4.78, 5) is 22.5. The van der Waals surface area contributed by atoms with E-state index < -0.39 is 9.70 Å². The highest BCUT2D eigenvalue weighted by Crippen LogP contribution is 2.38. The highest BCUT2D eigenvalue weighted by Gasteiger charge is 2.32. The number of aromatic nitrogens is 2. The largest absolute Gasteiger partial charge is 0.306 e. The zero-order valence-electron chi connectivity index (χ0n) is 11.0. The van der Waals surface area contributed by atoms with Gasteiger partial charge < -0.3 is 5.32 Å². The molecule has 21 heavy (non-hydrogen) atoms. The van der Waals surface area contributed by atoms with Crippen LogP contribution >= 0.6 is 46.1 Å². The zero-order valence-corrected chi connectivity index (χ0v) is 14.0. The summed E-state index contributed by atoms with van der Waals surface area (Å²) < 4.78 is -2.01. The molecule has 1 aliphatic carbocycles. The van der Waals surface area contributed by atoms with Crippen LogP contribution in [0.2, 0.25) is 0 Å². The van der Waals surface area contributed by atoms with Gasteiger partial charge in [-0.1, -0.05) is 41.2 Å². The van der Waals surface area contributed by atoms with Crippen LogP contribution in [0.15, 0.2) is 6.33 Å². The Labute approximate surface area is 140 Å². The third-order valence-electron chi connectivity index (χ3n) is 3.49. The van der Waals surface area contributed by atoms with Crippen LogP contribution in [0.1, 0.15) is 29.7 Å². The van der Waals surface area contributed by atoms with Crippen molar-refractivity contribution in [3.8, 4) is 0 Å². The first-order valence-corrected chi connectivity index (χ1v) is 8.55. The molecule has 0 bridgehead atoms. The summed E-state index contributed by atoms with van der Waals surface area (Å²) in [5, 5.41) is 3.49. The molecular weight excluding hydrogens is 353 g/mol. The number of alkyl halides is 3. The standard InChI is InChI=1S/C13H12Cl3N3OS/c14-13(15,16)12(20)19-10-9-7-4-2-1-3-5-8(7)21-11(9)18-6-17-10/h6H,1-5H2,(H,17,18,19,20). The topological polar surface area (TPSA) is 54.9 Å². The van der Waals surface area contributed by atoms with Crippen molar-refractivity contribution in [3.63, 3.8) is 0 Å². The fourth-order valence-electron chi connectivity index (χ4n) is 2.54. The average Bonchev–Trinajstić information content (AvgIpc) is 2.61. The van der Waals surface area contributed by atoms with E-state index in [9.17, 15) is 4.79 Å². The minimum Gasteiger partial charge on any atom is -0.306 e. The molecule has 0 saturated heterocycles. The summed E-state index contributed by atoms with van der Waals surface area (Å²) in [6.45, 7) is 0. The van der Waals surface area contributed by atoms with Gasteiger partial charge in [0.05, 0.1) is 5.39 Å². The Morgan fingerprint density at radius 1 is 1.19 bits per heavy atom. The maximum absolute atomic E-state index is 11.9. The van der Waals surface area contributed by atoms with E-state index in [1.165, 1.54) is 29.6 Å². The summed E-state index contributed by atoms with van der Waals surface area (Å²) in [6, 6.07) is 0. The minimum atomic E-state index is -2.01. The van der Waals surface area contributed by atoms with Gasteiger partial charge in [-0.2, -0.15) is 0 Å². The SMILES string of the molecule is O=C(Nc1ncnc2sc3c(c12)CCCCC3)C(Cl)(Cl)Cl. The molecule has 2 aromatic rings. The van der Waals surface area contributed by atoms with Gasteiger partial charge in [-0.05, 0) is 31.2 Å². The summed E-state index contributed by atoms with van der Waals surface area (Å²) in [5.74, 6) is -0.281. The van der Waals surface area contributed by atoms with Crippen molar-refractivity contribution >= 4 is 68.1 Å². The van der Waals surface area contributed by atoms with Crippen LogP contribution in [0.3, 0.4) is 0 Å². The molecule has 0 aromatic carbocycles. The van der Waals surface area contributed by atoms with Gasteiger partial charge >= 0.3 is 0 Å². The number of carbonyl (C=O) groups excluding carboxylic acids is 1. The van der Waals surface area contributed by atoms with Crippen molar-refractivity contribution in [1.29, 1.82) is 0 Å². The van der Waals surface area contributed by atoms with Crippen LogP contribution in [-0.2, 0) is 17.6 Å². The number of thiophene rings is 1. The Morgan fingerprint density at radius 3 is 2.71 bits per heavy atom. The fourth-order valence-corrected chi connectivity index (χ4v) is 3.91. The number of hydrogen-bond donors (Lipinski definition) is 1. The van der Waals surface area contributed by atoms with Crippen molar-refractivity contribution in [1.82, 2.24) is 9.97 Å². The first-order valence-electron chi connectivity index (χ1n) is 6.60. The van der Waals surface area contributed by atoms with Crippen molar-refractivity contribution in [2.24, 2.45) is 0 Å². The van der Waals surface area contributed by atoms with E-state index in [4.69, 9.17) is 34.8 Å². The lowest BCUT2D eigenvalue weighted by atomic mass is 10.1. The van der Waals surface area contributed by atoms with Crippen LogP contribution in [0.4, 0.5) is 5.82 Å². The van der Waals surface area contributed by atoms with Crippen molar-refractivity contribution in [2.45, 2.75) is 35.9 Å². The number of hydrogen-bond acceptors (Lipinski definition) is 4. The molecule has 1 aliphatic rings. The molecular formula is C13H12Cl3N3OS. The number of anilines is 1. The Morgan fingerprint density at radius 2 is 1.95 bits per heavy atom. The molecule has 0 saturated carbocycles. The molecule has 0 fully saturated rings. The van der Waals surface area contributed by atoms with E-state index in [2.05, 4.69) is 15.3 Å². The second kappa shape index (κ2) is 5.88. The van der Waals surface area contributed by atoms with E-state index >= 15 is 0 Å². The van der Waals surface area contributed by atoms with E-state index in [1.54, 1.807) is 11.3 Å². The molecule has 0 aliphatic heterocycles. The van der Waals surface area contributed by atoms with E-state index in [0.717, 1.165) is 29.5 Å². The number of fused-ring (bicyclic) bond motifs is 3. The van der Waals surface area contributed by atoms with Gasteiger partial charge in [-0.3, -0.25) is 4.79 Å². The molecule has 1 amide bonds. The Hall–Kier alpha value is -0.620. The summed E-state index contributed by atoms with van der Waals surface area (Å²) in [7, 11) is 0. The highest BCUT2D eigenvalue weighted by atomic mass is 35.6. The van der Waals surface area contributed by atoms with E-state index in [0.29, 0.717) is 5.82 Å². The molecule has 112 valence electrons. The van der Waals surface area contributed by atoms with E-state index in [1.807, 2.05) is 0 Å². The molecule has 0 unspecified atom stereocenters. The van der Waals surface area contributed by atoms with Crippen LogP contribution in [0.25, 0.3) is 10.2 Å². The molecule has 4 nitrogen and oxygen atoms in total. The number of rotatable bonds is 1. The van der Waals surface area contributed by atoms with Gasteiger partial charge in [0, 0.05) is 4.88 Å². The Bertz CT molecular complexity index is 696. The molecule has 2 aromatic heterocycles. The lowest BCUT2D eigenvalue weighted by molar-refractivity contribution is -0.115. The van der Waals surface area contributed by atoms with Gasteiger partial charge in [0.2, 0.25) is 0 Å². The summed E-state index contributed by atoms with van der Waals surface area (Å²) in [6.07, 6.45) is 6.97. The van der Waals surface area contributed by atoms with Crippen LogP contribution in [0.5, 0.6) is 0 Å². The molecule has 8 heteroatoms. The molecule has 0 radical (unpaired) electrons. The second-order valence-electron chi connectivity index (χ2n) is 4.92. The first-order chi connectivity index (χ1) is 9.97. The lowest BCUT2D eigenvalue weighted by Gasteiger charge is -2.12. The molecule has 0 atom stereocenters. The monoisotopic (exact) mass is 363 g/mol. The summed E-state index contributed by atoms with van der Waals surface area (Å²) in [5.41, 5.74) is 1.23. The molecule has 1 N–H and O–H groups in total. The second-order valence-corrected chi connectivity index (χ2v) is 8.28. The van der Waals surface area contributed by atoms with Gasteiger partial charge in [-0.15, -0.1) is 11.3 Å². The third kappa shape index (κ3) is 3.11. The number of nitrogens with zero attached hydrogens (tertiary/aromatic N) is 2. The molecule has 0 spiro atoms. The zero-order chi connectivity index (χ0) is 15.0. The van der Waals surface area contributed by atoms with Gasteiger partial charge in [0.15, 0.2) is 0 Å². The van der Waals surface area contributed by atoms with Gasteiger partial charge in [0.25, 0.3) is 9.70 Å². The molecule has 2 heterocycles. The third-order valence-corrected chi connectivity index (χ3v) is 5.21. The van der Waals surface area contributed by atoms with Gasteiger partial charge in [-0.25, -0.2) is 9.97 Å². The van der Waals surface area contributed by atoms with Crippen molar-refractivity contribution < 1.29 is 4.79 Å². The predicted molar refractivity (Wildman–Crippen MR) is 87.6 cm³/mol. The normalized spacial score (nSPS) is 15.6. The highest BCUT2D eigenvalue weighted by molar-refractivity contribution is 7.19. The number of amides is 1. The minimum absolute atomic E-state index is 0.427. The predicted octanol–water partition coefficient (Wildman–Crippen LogP) is 4.27. The fraction of sp³-hybridized carbons (Fsp3) is 0.462.